The van der Waals surface area contributed by atoms with Gasteiger partial charge >= 0.3 is 0 Å². The third kappa shape index (κ3) is 4.25. The molecule has 7 heteroatoms. The third-order valence-corrected chi connectivity index (χ3v) is 6.11. The van der Waals surface area contributed by atoms with E-state index >= 15 is 0 Å². The number of fused-ring (bicyclic) bond motifs is 1. The van der Waals surface area contributed by atoms with Crippen molar-refractivity contribution in [3.63, 3.8) is 0 Å². The van der Waals surface area contributed by atoms with Crippen molar-refractivity contribution in [1.29, 1.82) is 0 Å². The normalized spacial score (nSPS) is 15.7. The Morgan fingerprint density at radius 3 is 2.31 bits per heavy atom. The fourth-order valence-electron chi connectivity index (χ4n) is 3.22. The molecule has 4 rings (SSSR count). The monoisotopic (exact) mass is 408 g/mol. The number of carbonyl (C=O) groups is 1. The first-order valence-corrected chi connectivity index (χ1v) is 10.7. The van der Waals surface area contributed by atoms with E-state index < -0.39 is 10.0 Å². The highest BCUT2D eigenvalue weighted by Crippen LogP contribution is 2.29. The topological polar surface area (TPSA) is 84.5 Å². The number of sulfonamides is 1. The lowest BCUT2D eigenvalue weighted by Gasteiger charge is -2.25. The zero-order valence-electron chi connectivity index (χ0n) is 15.5. The molecule has 0 radical (unpaired) electrons. The van der Waals surface area contributed by atoms with Crippen LogP contribution in [0.25, 0.3) is 0 Å². The molecule has 1 aliphatic rings. The first-order valence-electron chi connectivity index (χ1n) is 9.21. The molecule has 0 spiro atoms. The Bertz CT molecular complexity index is 1130. The predicted octanol–water partition coefficient (Wildman–Crippen LogP) is 3.68. The van der Waals surface area contributed by atoms with Crippen LogP contribution in [-0.4, -0.2) is 20.9 Å². The van der Waals surface area contributed by atoms with Gasteiger partial charge in [0.2, 0.25) is 5.91 Å². The molecule has 0 fully saturated rings. The maximum absolute atomic E-state index is 12.8. The summed E-state index contributed by atoms with van der Waals surface area (Å²) < 4.78 is 33.5. The van der Waals surface area contributed by atoms with Gasteiger partial charge in [-0.15, -0.1) is 0 Å². The number of carbonyl (C=O) groups excluding carboxylic acids is 1. The standard InChI is InChI=1S/C22H20N2O4S/c25-22(17-14-16-8-4-7-13-21(16)28-15-17)23-19-11-5-6-12-20(19)24-29(26,27)18-9-2-1-3-10-18/h1-13,17,24H,14-15H2,(H,23,25). The first-order chi connectivity index (χ1) is 14.0. The van der Waals surface area contributed by atoms with Crippen molar-refractivity contribution in [3.05, 3.63) is 84.4 Å². The van der Waals surface area contributed by atoms with Crippen molar-refractivity contribution in [2.75, 3.05) is 16.6 Å². The number of amides is 1. The SMILES string of the molecule is O=C(Nc1ccccc1NS(=O)(=O)c1ccccc1)C1COc2ccccc2C1. The van der Waals surface area contributed by atoms with Crippen LogP contribution < -0.4 is 14.8 Å². The van der Waals surface area contributed by atoms with Gasteiger partial charge in [-0.2, -0.15) is 0 Å². The molecule has 0 aliphatic carbocycles. The van der Waals surface area contributed by atoms with E-state index in [0.717, 1.165) is 11.3 Å². The molecule has 0 saturated carbocycles. The summed E-state index contributed by atoms with van der Waals surface area (Å²) >= 11 is 0. The van der Waals surface area contributed by atoms with Gasteiger partial charge in [0.1, 0.15) is 12.4 Å². The van der Waals surface area contributed by atoms with Gasteiger partial charge in [0.05, 0.1) is 22.2 Å². The quantitative estimate of drug-likeness (QED) is 0.675. The molecule has 1 atom stereocenters. The summed E-state index contributed by atoms with van der Waals surface area (Å²) in [5, 5.41) is 2.84. The lowest BCUT2D eigenvalue weighted by Crippen LogP contribution is -2.32. The number of ether oxygens (including phenoxy) is 1. The molecule has 1 unspecified atom stereocenters. The average molecular weight is 408 g/mol. The maximum Gasteiger partial charge on any atom is 0.261 e. The Labute approximate surface area is 169 Å². The Kier molecular flexibility index (Phi) is 5.22. The van der Waals surface area contributed by atoms with E-state index in [4.69, 9.17) is 4.74 Å². The van der Waals surface area contributed by atoms with E-state index in [2.05, 4.69) is 10.0 Å². The molecular formula is C22H20N2O4S. The van der Waals surface area contributed by atoms with Crippen LogP contribution in [0.3, 0.4) is 0 Å². The van der Waals surface area contributed by atoms with Crippen LogP contribution in [-0.2, 0) is 21.2 Å². The largest absolute Gasteiger partial charge is 0.492 e. The van der Waals surface area contributed by atoms with Crippen LogP contribution in [0.4, 0.5) is 11.4 Å². The summed E-state index contributed by atoms with van der Waals surface area (Å²) in [6, 6.07) is 22.4. The lowest BCUT2D eigenvalue weighted by atomic mass is 9.96. The van der Waals surface area contributed by atoms with Gasteiger partial charge in [-0.1, -0.05) is 48.5 Å². The number of rotatable bonds is 5. The predicted molar refractivity (Wildman–Crippen MR) is 111 cm³/mol. The Morgan fingerprint density at radius 2 is 1.52 bits per heavy atom. The molecule has 0 bridgehead atoms. The van der Waals surface area contributed by atoms with Gasteiger partial charge in [-0.25, -0.2) is 8.42 Å². The summed E-state index contributed by atoms with van der Waals surface area (Å²) in [4.78, 5) is 12.9. The second kappa shape index (κ2) is 7.97. The van der Waals surface area contributed by atoms with Crippen molar-refractivity contribution >= 4 is 27.3 Å². The van der Waals surface area contributed by atoms with Crippen LogP contribution in [0.1, 0.15) is 5.56 Å². The van der Waals surface area contributed by atoms with Crippen LogP contribution in [0.15, 0.2) is 83.8 Å². The molecule has 1 amide bonds. The van der Waals surface area contributed by atoms with E-state index in [1.54, 1.807) is 42.5 Å². The highest BCUT2D eigenvalue weighted by Gasteiger charge is 2.26. The number of benzene rings is 3. The van der Waals surface area contributed by atoms with E-state index in [0.29, 0.717) is 17.8 Å². The molecule has 1 heterocycles. The Morgan fingerprint density at radius 1 is 0.862 bits per heavy atom. The summed E-state index contributed by atoms with van der Waals surface area (Å²) in [5.74, 6) is 0.224. The zero-order valence-corrected chi connectivity index (χ0v) is 16.4. The molecule has 3 aromatic carbocycles. The number of nitrogens with one attached hydrogen (secondary N) is 2. The van der Waals surface area contributed by atoms with E-state index in [-0.39, 0.29) is 23.3 Å². The number of anilines is 2. The van der Waals surface area contributed by atoms with Crippen LogP contribution >= 0.6 is 0 Å². The summed E-state index contributed by atoms with van der Waals surface area (Å²) in [7, 11) is -3.76. The molecule has 6 nitrogen and oxygen atoms in total. The van der Waals surface area contributed by atoms with Gasteiger partial charge in [0, 0.05) is 0 Å². The van der Waals surface area contributed by atoms with E-state index in [1.807, 2.05) is 24.3 Å². The van der Waals surface area contributed by atoms with Crippen LogP contribution in [0.2, 0.25) is 0 Å². The zero-order chi connectivity index (χ0) is 20.3. The number of hydrogen-bond acceptors (Lipinski definition) is 4. The molecule has 0 saturated heterocycles. The molecule has 148 valence electrons. The molecular weight excluding hydrogens is 388 g/mol. The highest BCUT2D eigenvalue weighted by molar-refractivity contribution is 7.92. The number of hydrogen-bond donors (Lipinski definition) is 2. The van der Waals surface area contributed by atoms with Gasteiger partial charge in [-0.3, -0.25) is 9.52 Å². The second-order valence-electron chi connectivity index (χ2n) is 6.77. The fraction of sp³-hybridized carbons (Fsp3) is 0.136. The lowest BCUT2D eigenvalue weighted by molar-refractivity contribution is -0.121. The van der Waals surface area contributed by atoms with Gasteiger partial charge in [0.25, 0.3) is 10.0 Å². The van der Waals surface area contributed by atoms with Crippen molar-refractivity contribution in [2.45, 2.75) is 11.3 Å². The fourth-order valence-corrected chi connectivity index (χ4v) is 4.32. The minimum Gasteiger partial charge on any atom is -0.492 e. The third-order valence-electron chi connectivity index (χ3n) is 4.73. The minimum atomic E-state index is -3.76. The smallest absolute Gasteiger partial charge is 0.261 e. The average Bonchev–Trinajstić information content (AvgIpc) is 2.75. The van der Waals surface area contributed by atoms with Crippen molar-refractivity contribution in [3.8, 4) is 5.75 Å². The summed E-state index contributed by atoms with van der Waals surface area (Å²) in [5.41, 5.74) is 1.69. The Hall–Kier alpha value is -3.32. The van der Waals surface area contributed by atoms with Gasteiger partial charge < -0.3 is 10.1 Å². The van der Waals surface area contributed by atoms with Crippen LogP contribution in [0.5, 0.6) is 5.75 Å². The minimum absolute atomic E-state index is 0.151. The maximum atomic E-state index is 12.8. The molecule has 2 N–H and O–H groups in total. The van der Waals surface area contributed by atoms with Crippen molar-refractivity contribution < 1.29 is 17.9 Å². The summed E-state index contributed by atoms with van der Waals surface area (Å²) in [6.07, 6.45) is 0.569. The molecule has 1 aliphatic heterocycles. The second-order valence-corrected chi connectivity index (χ2v) is 8.46. The van der Waals surface area contributed by atoms with Crippen LogP contribution in [0, 0.1) is 5.92 Å². The van der Waals surface area contributed by atoms with Gasteiger partial charge in [-0.05, 0) is 42.3 Å². The highest BCUT2D eigenvalue weighted by atomic mass is 32.2. The molecule has 0 aromatic heterocycles. The molecule has 3 aromatic rings. The van der Waals surface area contributed by atoms with Gasteiger partial charge in [0.15, 0.2) is 0 Å². The number of para-hydroxylation sites is 3. The first kappa shape index (κ1) is 19.0. The van der Waals surface area contributed by atoms with Crippen molar-refractivity contribution in [1.82, 2.24) is 0 Å². The van der Waals surface area contributed by atoms with E-state index in [9.17, 15) is 13.2 Å². The van der Waals surface area contributed by atoms with Crippen molar-refractivity contribution in [2.24, 2.45) is 5.92 Å². The van der Waals surface area contributed by atoms with E-state index in [1.165, 1.54) is 12.1 Å². The summed E-state index contributed by atoms with van der Waals surface area (Å²) in [6.45, 7) is 0.279. The Balaban J connectivity index is 1.51. The molecule has 29 heavy (non-hydrogen) atoms.